The van der Waals surface area contributed by atoms with E-state index in [9.17, 15) is 0 Å². The average molecular weight is 266 g/mol. The van der Waals surface area contributed by atoms with E-state index in [2.05, 4.69) is 38.0 Å². The summed E-state index contributed by atoms with van der Waals surface area (Å²) in [5.41, 5.74) is 1.21. The largest absolute Gasteiger partial charge is 0.309 e. The minimum Gasteiger partial charge on any atom is -0.309 e. The standard InChI is InChI=1S/C15H26N2S/c1-10(2)13-7-5-6-8-14(13)16-9-15-11(3)17-12(4)18-15/h10,13-14,16H,5-9H2,1-4H3. The van der Waals surface area contributed by atoms with Crippen LogP contribution in [0, 0.1) is 25.7 Å². The van der Waals surface area contributed by atoms with Gasteiger partial charge in [-0.25, -0.2) is 4.98 Å². The molecule has 18 heavy (non-hydrogen) atoms. The molecule has 1 aromatic heterocycles. The Bertz CT molecular complexity index is 384. The van der Waals surface area contributed by atoms with E-state index in [1.807, 2.05) is 11.3 Å². The highest BCUT2D eigenvalue weighted by atomic mass is 32.1. The predicted molar refractivity (Wildman–Crippen MR) is 79.0 cm³/mol. The summed E-state index contributed by atoms with van der Waals surface area (Å²) in [4.78, 5) is 5.92. The number of nitrogens with zero attached hydrogens (tertiary/aromatic N) is 1. The van der Waals surface area contributed by atoms with Gasteiger partial charge >= 0.3 is 0 Å². The molecule has 1 heterocycles. The first-order chi connectivity index (χ1) is 8.58. The molecule has 0 aromatic carbocycles. The summed E-state index contributed by atoms with van der Waals surface area (Å²) in [7, 11) is 0. The number of aromatic nitrogens is 1. The van der Waals surface area contributed by atoms with Gasteiger partial charge in [0.25, 0.3) is 0 Å². The van der Waals surface area contributed by atoms with Crippen LogP contribution in [0.3, 0.4) is 0 Å². The van der Waals surface area contributed by atoms with Crippen LogP contribution in [-0.4, -0.2) is 11.0 Å². The topological polar surface area (TPSA) is 24.9 Å². The SMILES string of the molecule is Cc1nc(C)c(CNC2CCCCC2C(C)C)s1. The second kappa shape index (κ2) is 6.16. The van der Waals surface area contributed by atoms with E-state index in [0.29, 0.717) is 6.04 Å². The zero-order chi connectivity index (χ0) is 13.1. The quantitative estimate of drug-likeness (QED) is 0.889. The molecule has 1 saturated carbocycles. The summed E-state index contributed by atoms with van der Waals surface area (Å²) in [5, 5.41) is 4.98. The lowest BCUT2D eigenvalue weighted by molar-refractivity contribution is 0.205. The van der Waals surface area contributed by atoms with Crippen molar-refractivity contribution in [2.24, 2.45) is 11.8 Å². The zero-order valence-corrected chi connectivity index (χ0v) is 12.9. The lowest BCUT2D eigenvalue weighted by atomic mass is 9.78. The van der Waals surface area contributed by atoms with Crippen molar-refractivity contribution in [1.82, 2.24) is 10.3 Å². The number of rotatable bonds is 4. The molecule has 1 aliphatic rings. The monoisotopic (exact) mass is 266 g/mol. The van der Waals surface area contributed by atoms with E-state index in [0.717, 1.165) is 18.4 Å². The number of nitrogens with one attached hydrogen (secondary N) is 1. The number of thiazole rings is 1. The van der Waals surface area contributed by atoms with E-state index < -0.39 is 0 Å². The van der Waals surface area contributed by atoms with Gasteiger partial charge in [-0.3, -0.25) is 0 Å². The number of aryl methyl sites for hydroxylation is 2. The third-order valence-electron chi connectivity index (χ3n) is 4.20. The van der Waals surface area contributed by atoms with Crippen molar-refractivity contribution in [2.45, 2.75) is 66.0 Å². The molecule has 0 bridgehead atoms. The number of hydrogen-bond donors (Lipinski definition) is 1. The van der Waals surface area contributed by atoms with Crippen LogP contribution in [0.15, 0.2) is 0 Å². The Morgan fingerprint density at radius 3 is 2.61 bits per heavy atom. The van der Waals surface area contributed by atoms with Crippen molar-refractivity contribution in [1.29, 1.82) is 0 Å². The van der Waals surface area contributed by atoms with Crippen molar-refractivity contribution in [3.63, 3.8) is 0 Å². The summed E-state index contributed by atoms with van der Waals surface area (Å²) in [6.07, 6.45) is 5.55. The highest BCUT2D eigenvalue weighted by Gasteiger charge is 2.27. The van der Waals surface area contributed by atoms with Gasteiger partial charge in [0.05, 0.1) is 10.7 Å². The Labute approximate surface area is 115 Å². The van der Waals surface area contributed by atoms with Crippen molar-refractivity contribution in [3.05, 3.63) is 15.6 Å². The van der Waals surface area contributed by atoms with Gasteiger partial charge < -0.3 is 5.32 Å². The molecule has 2 rings (SSSR count). The Morgan fingerprint density at radius 2 is 2.00 bits per heavy atom. The summed E-state index contributed by atoms with van der Waals surface area (Å²) < 4.78 is 0. The molecule has 0 spiro atoms. The second-order valence-electron chi connectivity index (χ2n) is 5.92. The predicted octanol–water partition coefficient (Wildman–Crippen LogP) is 4.06. The van der Waals surface area contributed by atoms with Crippen LogP contribution < -0.4 is 5.32 Å². The Balaban J connectivity index is 1.93. The molecule has 2 nitrogen and oxygen atoms in total. The molecule has 0 aliphatic heterocycles. The van der Waals surface area contributed by atoms with Crippen LogP contribution in [0.5, 0.6) is 0 Å². The summed E-state index contributed by atoms with van der Waals surface area (Å²) in [6.45, 7) is 9.96. The van der Waals surface area contributed by atoms with Gasteiger partial charge in [-0.1, -0.05) is 26.7 Å². The fourth-order valence-electron chi connectivity index (χ4n) is 3.17. The van der Waals surface area contributed by atoms with Crippen LogP contribution in [0.2, 0.25) is 0 Å². The Hall–Kier alpha value is -0.410. The molecule has 2 unspecified atom stereocenters. The van der Waals surface area contributed by atoms with Gasteiger partial charge in [0.1, 0.15) is 0 Å². The third-order valence-corrected chi connectivity index (χ3v) is 5.27. The molecule has 0 radical (unpaired) electrons. The van der Waals surface area contributed by atoms with Crippen LogP contribution in [0.1, 0.15) is 55.1 Å². The molecule has 1 aromatic rings. The van der Waals surface area contributed by atoms with Gasteiger partial charge in [-0.2, -0.15) is 0 Å². The summed E-state index contributed by atoms with van der Waals surface area (Å²) in [6, 6.07) is 0.709. The van der Waals surface area contributed by atoms with Crippen LogP contribution in [-0.2, 0) is 6.54 Å². The first kappa shape index (κ1) is 14.0. The van der Waals surface area contributed by atoms with Crippen LogP contribution >= 0.6 is 11.3 Å². The molecule has 2 atom stereocenters. The van der Waals surface area contributed by atoms with Crippen molar-refractivity contribution < 1.29 is 0 Å². The fraction of sp³-hybridized carbons (Fsp3) is 0.800. The molecule has 0 amide bonds. The van der Waals surface area contributed by atoms with Crippen molar-refractivity contribution in [2.75, 3.05) is 0 Å². The Kier molecular flexibility index (Phi) is 4.79. The molecule has 0 saturated heterocycles. The first-order valence-corrected chi connectivity index (χ1v) is 8.06. The van der Waals surface area contributed by atoms with Gasteiger partial charge in [0.2, 0.25) is 0 Å². The lowest BCUT2D eigenvalue weighted by Gasteiger charge is -2.35. The maximum atomic E-state index is 4.51. The minimum absolute atomic E-state index is 0.709. The summed E-state index contributed by atoms with van der Waals surface area (Å²) in [5.74, 6) is 1.65. The van der Waals surface area contributed by atoms with Gasteiger partial charge in [-0.05, 0) is 38.5 Å². The van der Waals surface area contributed by atoms with E-state index >= 15 is 0 Å². The van der Waals surface area contributed by atoms with Crippen LogP contribution in [0.4, 0.5) is 0 Å². The second-order valence-corrected chi connectivity index (χ2v) is 7.21. The molecule has 1 aliphatic carbocycles. The molecule has 1 N–H and O–H groups in total. The van der Waals surface area contributed by atoms with Crippen molar-refractivity contribution >= 4 is 11.3 Å². The van der Waals surface area contributed by atoms with E-state index in [4.69, 9.17) is 0 Å². The van der Waals surface area contributed by atoms with Gasteiger partial charge in [0.15, 0.2) is 0 Å². The third kappa shape index (κ3) is 3.33. The summed E-state index contributed by atoms with van der Waals surface area (Å²) >= 11 is 1.84. The average Bonchev–Trinajstić information content (AvgIpc) is 2.65. The van der Waals surface area contributed by atoms with E-state index in [1.54, 1.807) is 0 Å². The van der Waals surface area contributed by atoms with Crippen LogP contribution in [0.25, 0.3) is 0 Å². The molecular weight excluding hydrogens is 240 g/mol. The maximum Gasteiger partial charge on any atom is 0.0900 e. The van der Waals surface area contributed by atoms with Gasteiger partial charge in [0, 0.05) is 17.5 Å². The highest BCUT2D eigenvalue weighted by molar-refractivity contribution is 7.11. The molecule has 1 fully saturated rings. The zero-order valence-electron chi connectivity index (χ0n) is 12.1. The van der Waals surface area contributed by atoms with E-state index in [-0.39, 0.29) is 0 Å². The lowest BCUT2D eigenvalue weighted by Crippen LogP contribution is -2.40. The molecule has 3 heteroatoms. The Morgan fingerprint density at radius 1 is 1.28 bits per heavy atom. The maximum absolute atomic E-state index is 4.51. The first-order valence-electron chi connectivity index (χ1n) is 7.24. The highest BCUT2D eigenvalue weighted by Crippen LogP contribution is 2.30. The fourth-order valence-corrected chi connectivity index (χ4v) is 4.06. The normalized spacial score (nSPS) is 24.7. The molecule has 102 valence electrons. The number of hydrogen-bond acceptors (Lipinski definition) is 3. The van der Waals surface area contributed by atoms with Crippen molar-refractivity contribution in [3.8, 4) is 0 Å². The van der Waals surface area contributed by atoms with E-state index in [1.165, 1.54) is 41.3 Å². The minimum atomic E-state index is 0.709. The van der Waals surface area contributed by atoms with Gasteiger partial charge in [-0.15, -0.1) is 11.3 Å². The molecular formula is C15H26N2S. The smallest absolute Gasteiger partial charge is 0.0900 e.